The molecule has 0 N–H and O–H groups in total. The van der Waals surface area contributed by atoms with Crippen LogP contribution in [0.4, 0.5) is 0 Å². The maximum atomic E-state index is 4.72. The van der Waals surface area contributed by atoms with E-state index in [4.69, 9.17) is 4.84 Å². The van der Waals surface area contributed by atoms with Gasteiger partial charge in [-0.1, -0.05) is 5.16 Å². The Bertz CT molecular complexity index is 118. The lowest BCUT2D eigenvalue weighted by Gasteiger charge is -1.91. The average molecular weight is 128 g/mol. The zero-order chi connectivity index (χ0) is 7.11. The van der Waals surface area contributed by atoms with Crippen LogP contribution in [-0.2, 0) is 4.84 Å². The van der Waals surface area contributed by atoms with Crippen molar-refractivity contribution in [2.45, 2.75) is 20.8 Å². The molecule has 0 fully saturated rings. The molecule has 0 amide bonds. The molecular weight excluding hydrogens is 116 g/mol. The van der Waals surface area contributed by atoms with E-state index in [1.54, 1.807) is 13.1 Å². The van der Waals surface area contributed by atoms with Crippen LogP contribution < -0.4 is 0 Å². The van der Waals surface area contributed by atoms with E-state index < -0.39 is 0 Å². The van der Waals surface area contributed by atoms with Gasteiger partial charge < -0.3 is 4.84 Å². The Morgan fingerprint density at radius 2 is 2.33 bits per heavy atom. The maximum absolute atomic E-state index is 4.72. The third-order valence-corrected chi connectivity index (χ3v) is 0.642. The molecule has 0 spiro atoms. The van der Waals surface area contributed by atoms with Crippen LogP contribution in [-0.4, -0.2) is 18.7 Å². The Morgan fingerprint density at radius 3 is 2.78 bits per heavy atom. The van der Waals surface area contributed by atoms with E-state index in [1.165, 1.54) is 0 Å². The summed E-state index contributed by atoms with van der Waals surface area (Å²) in [6, 6.07) is 0. The molecular formula is C6H12N2O. The Morgan fingerprint density at radius 1 is 1.67 bits per heavy atom. The molecule has 3 heteroatoms. The van der Waals surface area contributed by atoms with Gasteiger partial charge in [-0.3, -0.25) is 0 Å². The summed E-state index contributed by atoms with van der Waals surface area (Å²) >= 11 is 0. The van der Waals surface area contributed by atoms with Gasteiger partial charge in [-0.2, -0.15) is 0 Å². The van der Waals surface area contributed by atoms with Crippen molar-refractivity contribution in [3.05, 3.63) is 0 Å². The zero-order valence-corrected chi connectivity index (χ0v) is 6.09. The minimum absolute atomic E-state index is 0.594. The van der Waals surface area contributed by atoms with Crippen molar-refractivity contribution >= 4 is 12.1 Å². The van der Waals surface area contributed by atoms with Crippen LogP contribution >= 0.6 is 0 Å². The molecule has 0 aliphatic rings. The van der Waals surface area contributed by atoms with E-state index in [2.05, 4.69) is 10.1 Å². The predicted molar refractivity (Wildman–Crippen MR) is 38.9 cm³/mol. The normalized spacial score (nSPS) is 12.6. The number of hydrogen-bond donors (Lipinski definition) is 0. The fourth-order valence-electron chi connectivity index (χ4n) is 0.368. The monoisotopic (exact) mass is 128 g/mol. The second kappa shape index (κ2) is 5.28. The number of amidine groups is 1. The molecule has 0 rings (SSSR count). The summed E-state index contributed by atoms with van der Waals surface area (Å²) in [6.45, 7) is 6.10. The largest absolute Gasteiger partial charge is 0.395 e. The fraction of sp³-hybridized carbons (Fsp3) is 0.667. The summed E-state index contributed by atoms with van der Waals surface area (Å²) in [7, 11) is 0. The molecule has 0 aliphatic carbocycles. The molecule has 0 aromatic carbocycles. The number of hydrogen-bond acceptors (Lipinski definition) is 2. The van der Waals surface area contributed by atoms with Gasteiger partial charge in [0.05, 0.1) is 0 Å². The van der Waals surface area contributed by atoms with Crippen molar-refractivity contribution in [1.29, 1.82) is 0 Å². The van der Waals surface area contributed by atoms with E-state index in [9.17, 15) is 0 Å². The highest BCUT2D eigenvalue weighted by molar-refractivity contribution is 5.86. The molecule has 0 atom stereocenters. The minimum atomic E-state index is 0.594. The van der Waals surface area contributed by atoms with Gasteiger partial charge in [0.1, 0.15) is 6.61 Å². The number of rotatable bonds is 2. The van der Waals surface area contributed by atoms with Crippen LogP contribution in [0.1, 0.15) is 20.8 Å². The minimum Gasteiger partial charge on any atom is -0.395 e. The highest BCUT2D eigenvalue weighted by Crippen LogP contribution is 1.80. The SMILES string of the molecule is C/C=N\C(C)=N/OCC. The van der Waals surface area contributed by atoms with Crippen molar-refractivity contribution < 1.29 is 4.84 Å². The quantitative estimate of drug-likeness (QED) is 0.315. The molecule has 0 bridgehead atoms. The van der Waals surface area contributed by atoms with Crippen LogP contribution in [0.15, 0.2) is 10.1 Å². The topological polar surface area (TPSA) is 34.0 Å². The molecule has 3 nitrogen and oxygen atoms in total. The van der Waals surface area contributed by atoms with Crippen molar-refractivity contribution in [3.63, 3.8) is 0 Å². The first-order chi connectivity index (χ1) is 4.31. The zero-order valence-electron chi connectivity index (χ0n) is 6.09. The second-order valence-electron chi connectivity index (χ2n) is 1.44. The van der Waals surface area contributed by atoms with Crippen molar-refractivity contribution in [1.82, 2.24) is 0 Å². The van der Waals surface area contributed by atoms with Gasteiger partial charge in [-0.15, -0.1) is 0 Å². The van der Waals surface area contributed by atoms with E-state index >= 15 is 0 Å². The van der Waals surface area contributed by atoms with Gasteiger partial charge in [-0.25, -0.2) is 4.99 Å². The van der Waals surface area contributed by atoms with E-state index in [0.29, 0.717) is 12.4 Å². The Balaban J connectivity index is 3.55. The van der Waals surface area contributed by atoms with Gasteiger partial charge in [0.15, 0.2) is 5.84 Å². The van der Waals surface area contributed by atoms with Crippen LogP contribution in [0.2, 0.25) is 0 Å². The number of aliphatic imine (C=N–C) groups is 1. The highest BCUT2D eigenvalue weighted by atomic mass is 16.6. The van der Waals surface area contributed by atoms with E-state index in [-0.39, 0.29) is 0 Å². The first kappa shape index (κ1) is 8.14. The summed E-state index contributed by atoms with van der Waals surface area (Å²) < 4.78 is 0. The number of oxime groups is 1. The molecule has 0 aromatic rings. The van der Waals surface area contributed by atoms with Crippen LogP contribution in [0.3, 0.4) is 0 Å². The van der Waals surface area contributed by atoms with Crippen LogP contribution in [0, 0.1) is 0 Å². The summed E-state index contributed by atoms with van der Waals surface area (Å²) in [6.07, 6.45) is 1.68. The van der Waals surface area contributed by atoms with E-state index in [1.807, 2.05) is 13.8 Å². The standard InChI is InChI=1S/C6H12N2O/c1-4-7-6(3)8-9-5-2/h4H,5H2,1-3H3/b7-4-,8-6-. The van der Waals surface area contributed by atoms with Crippen LogP contribution in [0.5, 0.6) is 0 Å². The highest BCUT2D eigenvalue weighted by Gasteiger charge is 1.80. The third-order valence-electron chi connectivity index (χ3n) is 0.642. The molecule has 52 valence electrons. The van der Waals surface area contributed by atoms with Crippen molar-refractivity contribution in [3.8, 4) is 0 Å². The molecule has 0 saturated carbocycles. The van der Waals surface area contributed by atoms with Gasteiger partial charge in [-0.05, 0) is 20.8 Å². The van der Waals surface area contributed by atoms with Gasteiger partial charge in [0, 0.05) is 6.21 Å². The summed E-state index contributed by atoms with van der Waals surface area (Å²) in [4.78, 5) is 8.58. The summed E-state index contributed by atoms with van der Waals surface area (Å²) in [5.41, 5.74) is 0. The van der Waals surface area contributed by atoms with Gasteiger partial charge in [0.2, 0.25) is 0 Å². The average Bonchev–Trinajstić information content (AvgIpc) is 1.85. The first-order valence-corrected chi connectivity index (χ1v) is 2.96. The maximum Gasteiger partial charge on any atom is 0.164 e. The summed E-state index contributed by atoms with van der Waals surface area (Å²) in [5.74, 6) is 0.652. The molecule has 0 aliphatic heterocycles. The van der Waals surface area contributed by atoms with Crippen molar-refractivity contribution in [2.75, 3.05) is 6.61 Å². The number of nitrogens with zero attached hydrogens (tertiary/aromatic N) is 2. The van der Waals surface area contributed by atoms with Crippen molar-refractivity contribution in [2.24, 2.45) is 10.1 Å². The Labute approximate surface area is 55.4 Å². The smallest absolute Gasteiger partial charge is 0.164 e. The molecule has 0 unspecified atom stereocenters. The fourth-order valence-corrected chi connectivity index (χ4v) is 0.368. The lowest BCUT2D eigenvalue weighted by molar-refractivity contribution is 0.158. The first-order valence-electron chi connectivity index (χ1n) is 2.96. The van der Waals surface area contributed by atoms with E-state index in [0.717, 1.165) is 0 Å². The lowest BCUT2D eigenvalue weighted by Crippen LogP contribution is -1.88. The Kier molecular flexibility index (Phi) is 4.78. The molecule has 0 saturated heterocycles. The van der Waals surface area contributed by atoms with Gasteiger partial charge in [0.25, 0.3) is 0 Å². The van der Waals surface area contributed by atoms with Crippen LogP contribution in [0.25, 0.3) is 0 Å². The molecule has 0 heterocycles. The predicted octanol–water partition coefficient (Wildman–Crippen LogP) is 1.45. The third kappa shape index (κ3) is 5.00. The molecule has 0 aromatic heterocycles. The Hall–Kier alpha value is -0.860. The summed E-state index contributed by atoms with van der Waals surface area (Å²) in [5, 5.41) is 3.65. The second-order valence-corrected chi connectivity index (χ2v) is 1.44. The van der Waals surface area contributed by atoms with Gasteiger partial charge >= 0.3 is 0 Å². The molecule has 0 radical (unpaired) electrons. The lowest BCUT2D eigenvalue weighted by atomic mass is 10.7. The molecule has 9 heavy (non-hydrogen) atoms.